The molecule has 2 saturated heterocycles. The number of para-hydroxylation sites is 1. The molecule has 9 heteroatoms. The molecule has 9 nitrogen and oxygen atoms in total. The van der Waals surface area contributed by atoms with Gasteiger partial charge in [0, 0.05) is 12.1 Å². The van der Waals surface area contributed by atoms with Crippen LogP contribution in [0.4, 0.5) is 17.1 Å². The van der Waals surface area contributed by atoms with E-state index in [4.69, 9.17) is 9.57 Å². The Bertz CT molecular complexity index is 1280. The fourth-order valence-electron chi connectivity index (χ4n) is 4.70. The van der Waals surface area contributed by atoms with Crippen LogP contribution in [0.3, 0.4) is 0 Å². The average Bonchev–Trinajstić information content (AvgIpc) is 3.27. The topological polar surface area (TPSA) is 102 Å². The van der Waals surface area contributed by atoms with Crippen molar-refractivity contribution < 1.29 is 24.1 Å². The molecule has 0 N–H and O–H groups in total. The van der Waals surface area contributed by atoms with Gasteiger partial charge in [0.1, 0.15) is 11.2 Å². The van der Waals surface area contributed by atoms with Gasteiger partial charge in [0.25, 0.3) is 11.6 Å². The van der Waals surface area contributed by atoms with E-state index in [1.54, 1.807) is 31.2 Å². The minimum absolute atomic E-state index is 0.142. The number of amides is 2. The smallest absolute Gasteiger partial charge is 0.271 e. The summed E-state index contributed by atoms with van der Waals surface area (Å²) in [7, 11) is 1.57. The molecule has 0 radical (unpaired) electrons. The molecule has 3 aromatic carbocycles. The van der Waals surface area contributed by atoms with Crippen molar-refractivity contribution in [3.63, 3.8) is 0 Å². The summed E-state index contributed by atoms with van der Waals surface area (Å²) >= 11 is 0. The van der Waals surface area contributed by atoms with Gasteiger partial charge in [0.2, 0.25) is 5.91 Å². The summed E-state index contributed by atoms with van der Waals surface area (Å²) in [5, 5.41) is 12.9. The van der Waals surface area contributed by atoms with E-state index in [0.717, 1.165) is 10.5 Å². The first-order valence-electron chi connectivity index (χ1n) is 10.6. The number of carbonyl (C=O) groups is 2. The van der Waals surface area contributed by atoms with Crippen molar-refractivity contribution in [2.75, 3.05) is 17.1 Å². The molecule has 0 spiro atoms. The van der Waals surface area contributed by atoms with Gasteiger partial charge < -0.3 is 4.74 Å². The Labute approximate surface area is 195 Å². The number of nitrogens with zero attached hydrogens (tertiary/aromatic N) is 3. The number of imide groups is 1. The zero-order valence-electron chi connectivity index (χ0n) is 18.5. The van der Waals surface area contributed by atoms with Crippen LogP contribution >= 0.6 is 0 Å². The van der Waals surface area contributed by atoms with E-state index >= 15 is 0 Å². The molecule has 0 bridgehead atoms. The molecule has 2 amide bonds. The minimum atomic E-state index is -1.29. The van der Waals surface area contributed by atoms with Gasteiger partial charge in [-0.2, -0.15) is 0 Å². The highest BCUT2D eigenvalue weighted by Gasteiger charge is 2.68. The van der Waals surface area contributed by atoms with E-state index in [1.807, 2.05) is 42.5 Å². The van der Waals surface area contributed by atoms with Crippen LogP contribution in [-0.2, 0) is 14.4 Å². The van der Waals surface area contributed by atoms with Gasteiger partial charge in [-0.1, -0.05) is 36.4 Å². The number of non-ortho nitro benzene ring substituents is 1. The van der Waals surface area contributed by atoms with Crippen molar-refractivity contribution in [1.82, 2.24) is 0 Å². The Kier molecular flexibility index (Phi) is 5.06. The quantitative estimate of drug-likeness (QED) is 0.322. The Balaban J connectivity index is 1.62. The Morgan fingerprint density at radius 3 is 2.29 bits per heavy atom. The van der Waals surface area contributed by atoms with E-state index in [0.29, 0.717) is 11.4 Å². The fourth-order valence-corrected chi connectivity index (χ4v) is 4.70. The first-order valence-corrected chi connectivity index (χ1v) is 10.6. The summed E-state index contributed by atoms with van der Waals surface area (Å²) in [6.45, 7) is 1.70. The van der Waals surface area contributed by atoms with Gasteiger partial charge in [-0.05, 0) is 42.8 Å². The van der Waals surface area contributed by atoms with Crippen molar-refractivity contribution in [2.45, 2.75) is 19.1 Å². The molecule has 3 aromatic rings. The summed E-state index contributed by atoms with van der Waals surface area (Å²) in [6.07, 6.45) is -1.11. The standard InChI is InChI=1S/C25H21N3O6/c1-25-21(16-11-13-20(33-2)14-12-16)27(17-7-4-3-5-8-17)34-22(25)23(29)26(24(25)30)18-9-6-10-19(15-18)28(31)32/h3-15,21-22H,1-2H3/t21-,22-,25-/m1/s1. The third-order valence-corrected chi connectivity index (χ3v) is 6.42. The average molecular weight is 459 g/mol. The molecule has 2 aliphatic rings. The van der Waals surface area contributed by atoms with Crippen LogP contribution in [0.25, 0.3) is 0 Å². The highest BCUT2D eigenvalue weighted by atomic mass is 16.7. The number of fused-ring (bicyclic) bond motifs is 1. The van der Waals surface area contributed by atoms with Crippen molar-refractivity contribution in [3.8, 4) is 5.75 Å². The van der Waals surface area contributed by atoms with Gasteiger partial charge in [-0.25, -0.2) is 9.96 Å². The van der Waals surface area contributed by atoms with Gasteiger partial charge in [0.05, 0.1) is 29.4 Å². The maximum atomic E-state index is 13.9. The largest absolute Gasteiger partial charge is 0.497 e. The molecular weight excluding hydrogens is 438 g/mol. The van der Waals surface area contributed by atoms with E-state index in [1.165, 1.54) is 24.3 Å². The molecule has 34 heavy (non-hydrogen) atoms. The highest BCUT2D eigenvalue weighted by Crippen LogP contribution is 2.55. The lowest BCUT2D eigenvalue weighted by atomic mass is 9.76. The van der Waals surface area contributed by atoms with Crippen LogP contribution in [0, 0.1) is 15.5 Å². The highest BCUT2D eigenvalue weighted by molar-refractivity contribution is 6.25. The van der Waals surface area contributed by atoms with Crippen molar-refractivity contribution in [1.29, 1.82) is 0 Å². The second kappa shape index (κ2) is 7.96. The number of methoxy groups -OCH3 is 1. The van der Waals surface area contributed by atoms with E-state index in [2.05, 4.69) is 0 Å². The van der Waals surface area contributed by atoms with Crippen molar-refractivity contribution >= 4 is 28.9 Å². The van der Waals surface area contributed by atoms with Crippen LogP contribution in [0.2, 0.25) is 0 Å². The normalized spacial score (nSPS) is 23.8. The van der Waals surface area contributed by atoms with Gasteiger partial charge in [-0.15, -0.1) is 0 Å². The van der Waals surface area contributed by atoms with E-state index in [-0.39, 0.29) is 11.4 Å². The number of carbonyl (C=O) groups excluding carboxylic acids is 2. The summed E-state index contributed by atoms with van der Waals surface area (Å²) in [6, 6.07) is 21.3. The second-order valence-corrected chi connectivity index (χ2v) is 8.36. The lowest BCUT2D eigenvalue weighted by molar-refractivity contribution is -0.384. The first kappa shape index (κ1) is 21.6. The Hall–Kier alpha value is -4.24. The number of ether oxygens (including phenoxy) is 1. The van der Waals surface area contributed by atoms with Crippen LogP contribution in [0.1, 0.15) is 18.5 Å². The lowest BCUT2D eigenvalue weighted by Crippen LogP contribution is -2.41. The third kappa shape index (κ3) is 3.12. The number of anilines is 2. The number of nitro benzene ring substituents is 1. The number of benzene rings is 3. The maximum Gasteiger partial charge on any atom is 0.271 e. The second-order valence-electron chi connectivity index (χ2n) is 8.36. The zero-order valence-corrected chi connectivity index (χ0v) is 18.5. The molecule has 0 saturated carbocycles. The predicted octanol–water partition coefficient (Wildman–Crippen LogP) is 4.04. The van der Waals surface area contributed by atoms with Crippen LogP contribution in [0.15, 0.2) is 78.9 Å². The van der Waals surface area contributed by atoms with Crippen LogP contribution in [-0.4, -0.2) is 30.0 Å². The molecule has 2 heterocycles. The molecule has 0 aromatic heterocycles. The maximum absolute atomic E-state index is 13.9. The van der Waals surface area contributed by atoms with Gasteiger partial charge >= 0.3 is 0 Å². The third-order valence-electron chi connectivity index (χ3n) is 6.42. The summed E-state index contributed by atoms with van der Waals surface area (Å²) in [5.74, 6) is -0.394. The summed E-state index contributed by atoms with van der Waals surface area (Å²) < 4.78 is 5.27. The minimum Gasteiger partial charge on any atom is -0.497 e. The lowest BCUT2D eigenvalue weighted by Gasteiger charge is -2.32. The number of hydrogen-bond acceptors (Lipinski definition) is 7. The van der Waals surface area contributed by atoms with Gasteiger partial charge in [0.15, 0.2) is 6.10 Å². The van der Waals surface area contributed by atoms with Crippen LogP contribution in [0.5, 0.6) is 5.75 Å². The first-order chi connectivity index (χ1) is 16.4. The SMILES string of the molecule is COc1ccc([C@H]2N(c3ccccc3)O[C@@H]3C(=O)N(c4cccc([N+](=O)[O-])c4)C(=O)[C@@]32C)cc1. The number of nitro groups is 1. The Morgan fingerprint density at radius 1 is 0.971 bits per heavy atom. The molecule has 2 aliphatic heterocycles. The predicted molar refractivity (Wildman–Crippen MR) is 123 cm³/mol. The summed E-state index contributed by atoms with van der Waals surface area (Å²) in [5.41, 5.74) is 0.103. The van der Waals surface area contributed by atoms with Crippen LogP contribution < -0.4 is 14.7 Å². The Morgan fingerprint density at radius 2 is 1.65 bits per heavy atom. The molecule has 0 aliphatic carbocycles. The molecule has 0 unspecified atom stereocenters. The molecule has 2 fully saturated rings. The molecule has 5 rings (SSSR count). The summed E-state index contributed by atoms with van der Waals surface area (Å²) in [4.78, 5) is 45.2. The van der Waals surface area contributed by atoms with Crippen molar-refractivity contribution in [2.24, 2.45) is 5.41 Å². The molecule has 172 valence electrons. The molecule has 3 atom stereocenters. The monoisotopic (exact) mass is 459 g/mol. The van der Waals surface area contributed by atoms with E-state index < -0.39 is 34.3 Å². The fraction of sp³-hybridized carbons (Fsp3) is 0.200. The number of hydrogen-bond donors (Lipinski definition) is 0. The zero-order chi connectivity index (χ0) is 24.0. The number of rotatable bonds is 5. The number of hydroxylamine groups is 1. The van der Waals surface area contributed by atoms with Crippen molar-refractivity contribution in [3.05, 3.63) is 94.5 Å². The van der Waals surface area contributed by atoms with E-state index in [9.17, 15) is 19.7 Å². The van der Waals surface area contributed by atoms with Gasteiger partial charge in [-0.3, -0.25) is 24.5 Å². The molecular formula is C25H21N3O6.